The molecule has 0 unspecified atom stereocenters. The van der Waals surface area contributed by atoms with Crippen LogP contribution in [0.3, 0.4) is 0 Å². The molecule has 0 fully saturated rings. The van der Waals surface area contributed by atoms with Gasteiger partial charge in [0.05, 0.1) is 69.0 Å². The number of rotatable bonds is 22. The number of anilines is 2. The number of ether oxygens (including phenoxy) is 2. The third kappa shape index (κ3) is 15.4. The Kier molecular flexibility index (Phi) is 20.6. The predicted molar refractivity (Wildman–Crippen MR) is 288 cm³/mol. The van der Waals surface area contributed by atoms with Crippen molar-refractivity contribution in [2.75, 3.05) is 111 Å². The summed E-state index contributed by atoms with van der Waals surface area (Å²) in [5.74, 6) is -3.28. The Morgan fingerprint density at radius 2 is 0.915 bits per heavy atom. The van der Waals surface area contributed by atoms with E-state index in [2.05, 4.69) is 10.6 Å². The Balaban J connectivity index is 1.19. The summed E-state index contributed by atoms with van der Waals surface area (Å²) in [5, 5.41) is 24.5. The van der Waals surface area contributed by atoms with Crippen LogP contribution < -0.4 is 20.4 Å². The number of esters is 2. The molecule has 4 aromatic carbocycles. The summed E-state index contributed by atoms with van der Waals surface area (Å²) < 4.78 is 95.4. The molecule has 0 radical (unpaired) electrons. The highest BCUT2D eigenvalue weighted by Gasteiger charge is 2.46. The molecule has 0 spiro atoms. The number of alkyl halides is 6. The third-order valence-corrected chi connectivity index (χ3v) is 13.3. The van der Waals surface area contributed by atoms with Crippen molar-refractivity contribution in [3.8, 4) is 12.1 Å². The lowest BCUT2D eigenvalue weighted by Crippen LogP contribution is -2.54. The number of nitrogens with one attached hydrogen (secondary N) is 2. The van der Waals surface area contributed by atoms with E-state index in [1.807, 2.05) is 12.1 Å². The molecule has 0 saturated heterocycles. The van der Waals surface area contributed by atoms with E-state index >= 15 is 0 Å². The van der Waals surface area contributed by atoms with Crippen molar-refractivity contribution in [3.05, 3.63) is 153 Å². The fourth-order valence-electron chi connectivity index (χ4n) is 9.08. The number of nitrogens with zero attached hydrogens (tertiary/aromatic N) is 9. The van der Waals surface area contributed by atoms with Crippen molar-refractivity contribution in [2.45, 2.75) is 38.3 Å². The first-order chi connectivity index (χ1) is 38.7. The molecule has 19 nitrogen and oxygen atoms in total. The van der Waals surface area contributed by atoms with Crippen LogP contribution >= 0.6 is 0 Å². The van der Waals surface area contributed by atoms with E-state index < -0.39 is 84.5 Å². The number of benzene rings is 4. The standard InChI is InChI=1S/C57H61F6N11O8/c1-36-48(52(77)81-28-26-68(3)4)50(40-18-14-38(32-64)15-19-40)71(54(79)73(36)44-12-8-10-42(30-44)56(58,59)60)34-46(75)66-22-24-70(7)25-23-67-47(76)35-72-51(41-20-16-39(33-65)17-21-41)49(53(78)82-29-27-69(5)6)37(2)74(55(72)80)45-13-9-11-43(31-45)57(61,62)63/h8-21,30-31,50-51H,22-29,34-35H2,1-7H3,(H,66,75)(H,67,76)/t50-,51-/m1/s1. The summed E-state index contributed by atoms with van der Waals surface area (Å²) in [6.45, 7) is 1.94. The summed E-state index contributed by atoms with van der Waals surface area (Å²) in [5.41, 5.74) is -1.99. The molecular weight excluding hydrogens is 1080 g/mol. The zero-order chi connectivity index (χ0) is 60.2. The molecule has 0 aromatic heterocycles. The predicted octanol–water partition coefficient (Wildman–Crippen LogP) is 7.06. The number of hydrogen-bond acceptors (Lipinski definition) is 13. The number of carbonyl (C=O) groups excluding carboxylic acids is 6. The van der Waals surface area contributed by atoms with Gasteiger partial charge in [0.15, 0.2) is 0 Å². The number of amides is 6. The average molecular weight is 1140 g/mol. The molecule has 434 valence electrons. The van der Waals surface area contributed by atoms with Gasteiger partial charge in [0.2, 0.25) is 11.8 Å². The van der Waals surface area contributed by atoms with Crippen molar-refractivity contribution >= 4 is 47.2 Å². The minimum absolute atomic E-state index is 0.0441. The van der Waals surface area contributed by atoms with E-state index in [4.69, 9.17) is 9.47 Å². The number of urea groups is 2. The second kappa shape index (κ2) is 27.1. The zero-order valence-corrected chi connectivity index (χ0v) is 46.0. The van der Waals surface area contributed by atoms with Crippen LogP contribution in [0.5, 0.6) is 0 Å². The number of carbonyl (C=O) groups is 6. The van der Waals surface area contributed by atoms with E-state index in [1.165, 1.54) is 74.5 Å². The summed E-state index contributed by atoms with van der Waals surface area (Å²) in [4.78, 5) is 94.5. The molecule has 2 heterocycles. The van der Waals surface area contributed by atoms with Crippen LogP contribution in [0.2, 0.25) is 0 Å². The quantitative estimate of drug-likeness (QED) is 0.0597. The van der Waals surface area contributed by atoms with Gasteiger partial charge in [-0.3, -0.25) is 19.4 Å². The van der Waals surface area contributed by atoms with E-state index in [9.17, 15) is 65.6 Å². The van der Waals surface area contributed by atoms with Crippen LogP contribution in [0, 0.1) is 22.7 Å². The molecular formula is C57H61F6N11O8. The summed E-state index contributed by atoms with van der Waals surface area (Å²) >= 11 is 0. The molecule has 0 bridgehead atoms. The van der Waals surface area contributed by atoms with Crippen molar-refractivity contribution < 1.29 is 64.6 Å². The largest absolute Gasteiger partial charge is 0.461 e. The van der Waals surface area contributed by atoms with Gasteiger partial charge in [-0.15, -0.1) is 0 Å². The van der Waals surface area contributed by atoms with Gasteiger partial charge in [0.25, 0.3) is 0 Å². The zero-order valence-electron chi connectivity index (χ0n) is 46.0. The Labute approximate surface area is 470 Å². The lowest BCUT2D eigenvalue weighted by atomic mass is 9.92. The molecule has 0 aliphatic carbocycles. The molecule has 0 saturated carbocycles. The van der Waals surface area contributed by atoms with Gasteiger partial charge in [0, 0.05) is 50.7 Å². The Bertz CT molecular complexity index is 2960. The topological polar surface area (TPSA) is 215 Å². The number of halogens is 6. The van der Waals surface area contributed by atoms with Crippen molar-refractivity contribution in [1.82, 2.24) is 35.1 Å². The second-order valence-corrected chi connectivity index (χ2v) is 19.7. The molecule has 4 aromatic rings. The summed E-state index contributed by atoms with van der Waals surface area (Å²) in [6.07, 6.45) is -9.60. The van der Waals surface area contributed by atoms with Crippen molar-refractivity contribution in [2.24, 2.45) is 0 Å². The number of nitriles is 2. The summed E-state index contributed by atoms with van der Waals surface area (Å²) in [7, 11) is 8.64. The average Bonchev–Trinajstić information content (AvgIpc) is 3.62. The maximum absolute atomic E-state index is 14.7. The maximum Gasteiger partial charge on any atom is 0.416 e. The van der Waals surface area contributed by atoms with E-state index in [0.29, 0.717) is 13.1 Å². The van der Waals surface area contributed by atoms with Gasteiger partial charge in [-0.05, 0) is 121 Å². The van der Waals surface area contributed by atoms with E-state index in [1.54, 1.807) is 49.9 Å². The van der Waals surface area contributed by atoms with Gasteiger partial charge in [-0.1, -0.05) is 36.4 Å². The third-order valence-electron chi connectivity index (χ3n) is 13.3. The van der Waals surface area contributed by atoms with Crippen LogP contribution in [-0.4, -0.2) is 161 Å². The van der Waals surface area contributed by atoms with Crippen LogP contribution in [0.4, 0.5) is 47.3 Å². The molecule has 2 N–H and O–H groups in total. The van der Waals surface area contributed by atoms with E-state index in [-0.39, 0.29) is 95.6 Å². The fourth-order valence-corrected chi connectivity index (χ4v) is 9.08. The van der Waals surface area contributed by atoms with Crippen LogP contribution in [-0.2, 0) is 41.0 Å². The monoisotopic (exact) mass is 1140 g/mol. The van der Waals surface area contributed by atoms with E-state index in [0.717, 1.165) is 56.0 Å². The second-order valence-electron chi connectivity index (χ2n) is 19.7. The van der Waals surface area contributed by atoms with Crippen LogP contribution in [0.15, 0.2) is 120 Å². The first-order valence-electron chi connectivity index (χ1n) is 25.6. The number of likely N-dealkylation sites (N-methyl/N-ethyl adjacent to an activating group) is 3. The normalized spacial score (nSPS) is 16.0. The highest BCUT2D eigenvalue weighted by molar-refractivity contribution is 6.05. The van der Waals surface area contributed by atoms with Crippen molar-refractivity contribution in [1.29, 1.82) is 10.5 Å². The molecule has 6 rings (SSSR count). The minimum Gasteiger partial charge on any atom is -0.461 e. The Morgan fingerprint density at radius 1 is 0.561 bits per heavy atom. The molecule has 2 aliphatic rings. The first-order valence-corrected chi connectivity index (χ1v) is 25.6. The van der Waals surface area contributed by atoms with Gasteiger partial charge in [-0.25, -0.2) is 19.2 Å². The maximum atomic E-state index is 14.7. The number of hydrogen-bond donors (Lipinski definition) is 2. The highest BCUT2D eigenvalue weighted by Crippen LogP contribution is 2.43. The van der Waals surface area contributed by atoms with Crippen LogP contribution in [0.1, 0.15) is 59.3 Å². The molecule has 2 atom stereocenters. The van der Waals surface area contributed by atoms with Crippen molar-refractivity contribution in [3.63, 3.8) is 0 Å². The molecule has 6 amide bonds. The Hall–Kier alpha value is -8.78. The van der Waals surface area contributed by atoms with Gasteiger partial charge in [-0.2, -0.15) is 36.9 Å². The number of allylic oxidation sites excluding steroid dienone is 2. The van der Waals surface area contributed by atoms with Gasteiger partial charge >= 0.3 is 36.4 Å². The first kappa shape index (κ1) is 62.4. The smallest absolute Gasteiger partial charge is 0.416 e. The van der Waals surface area contributed by atoms with Gasteiger partial charge < -0.3 is 44.6 Å². The van der Waals surface area contributed by atoms with Crippen LogP contribution in [0.25, 0.3) is 0 Å². The summed E-state index contributed by atoms with van der Waals surface area (Å²) in [6, 6.07) is 19.1. The molecule has 2 aliphatic heterocycles. The molecule has 25 heteroatoms. The van der Waals surface area contributed by atoms with Gasteiger partial charge in [0.1, 0.15) is 26.3 Å². The lowest BCUT2D eigenvalue weighted by molar-refractivity contribution is -0.141. The minimum atomic E-state index is -4.80. The lowest BCUT2D eigenvalue weighted by Gasteiger charge is -2.42. The fraction of sp³-hybridized carbons (Fsp3) is 0.368. The molecule has 82 heavy (non-hydrogen) atoms. The Morgan fingerprint density at radius 3 is 1.23 bits per heavy atom. The SMILES string of the molecule is CC1=C(C(=O)OCCN(C)C)[C@@H](c2ccc(C#N)cc2)N(CC(=O)NCCN(C)CCNC(=O)CN2C(=O)N(c3cccc(C(F)(F)F)c3)C(C)=C(C(=O)OCCN(C)C)[C@H]2c2ccc(C#N)cc2)C(=O)N1c1cccc(C(F)(F)F)c1. The highest BCUT2D eigenvalue weighted by atomic mass is 19.4.